The van der Waals surface area contributed by atoms with Crippen molar-refractivity contribution in [2.45, 2.75) is 0 Å². The van der Waals surface area contributed by atoms with E-state index in [-0.39, 0.29) is 11.0 Å². The molecule has 1 N–H and O–H groups in total. The summed E-state index contributed by atoms with van der Waals surface area (Å²) in [7, 11) is 0. The topological polar surface area (TPSA) is 58.6 Å². The molecule has 2 aromatic heterocycles. The van der Waals surface area contributed by atoms with Crippen molar-refractivity contribution < 1.29 is 4.39 Å². The third-order valence-electron chi connectivity index (χ3n) is 1.43. The van der Waals surface area contributed by atoms with E-state index in [4.69, 9.17) is 0 Å². The molecule has 0 spiro atoms. The van der Waals surface area contributed by atoms with Gasteiger partial charge in [0.2, 0.25) is 5.95 Å². The van der Waals surface area contributed by atoms with Gasteiger partial charge in [-0.1, -0.05) is 0 Å². The molecule has 0 amide bonds. The zero-order valence-electron chi connectivity index (χ0n) is 5.91. The van der Waals surface area contributed by atoms with Gasteiger partial charge in [-0.15, -0.1) is 0 Å². The van der Waals surface area contributed by atoms with E-state index in [1.165, 1.54) is 12.3 Å². The van der Waals surface area contributed by atoms with Crippen molar-refractivity contribution in [2.24, 2.45) is 0 Å². The lowest BCUT2D eigenvalue weighted by Crippen LogP contribution is -2.12. The molecular formula is C7H4FN3O. The Hall–Kier alpha value is -1.78. The maximum Gasteiger partial charge on any atom is 0.347 e. The maximum atomic E-state index is 12.9. The molecule has 2 aromatic rings. The molecule has 0 bridgehead atoms. The van der Waals surface area contributed by atoms with E-state index >= 15 is 0 Å². The number of H-pyrrole nitrogens is 1. The monoisotopic (exact) mass is 165 g/mol. The number of fused-ring (bicyclic) bond motifs is 1. The van der Waals surface area contributed by atoms with Gasteiger partial charge in [0.25, 0.3) is 0 Å². The van der Waals surface area contributed by atoms with Crippen LogP contribution in [0.15, 0.2) is 23.1 Å². The molecule has 0 saturated carbocycles. The van der Waals surface area contributed by atoms with Crippen LogP contribution in [0.5, 0.6) is 0 Å². The summed E-state index contributed by atoms with van der Waals surface area (Å²) < 4.78 is 12.9. The summed E-state index contributed by atoms with van der Waals surface area (Å²) in [6, 6.07) is 3.12. The van der Waals surface area contributed by atoms with Gasteiger partial charge in [0, 0.05) is 6.20 Å². The Morgan fingerprint density at radius 3 is 3.17 bits per heavy atom. The van der Waals surface area contributed by atoms with Gasteiger partial charge in [0.15, 0.2) is 0 Å². The van der Waals surface area contributed by atoms with E-state index in [1.807, 2.05) is 4.98 Å². The van der Waals surface area contributed by atoms with Crippen LogP contribution in [0.2, 0.25) is 0 Å². The summed E-state index contributed by atoms with van der Waals surface area (Å²) in [6.45, 7) is 0. The fourth-order valence-electron chi connectivity index (χ4n) is 0.947. The Morgan fingerprint density at radius 1 is 1.50 bits per heavy atom. The molecular weight excluding hydrogens is 161 g/mol. The van der Waals surface area contributed by atoms with Crippen LogP contribution in [-0.4, -0.2) is 15.0 Å². The standard InChI is InChI=1S/C7H4FN3O/c8-6-5-4(2-1-3-9-5)10-7(12)11-6/h1-3H,(H,10,11,12). The van der Waals surface area contributed by atoms with Gasteiger partial charge in [-0.3, -0.25) is 4.98 Å². The summed E-state index contributed by atoms with van der Waals surface area (Å²) in [5.41, 5.74) is -0.358. The van der Waals surface area contributed by atoms with Crippen LogP contribution in [-0.2, 0) is 0 Å². The van der Waals surface area contributed by atoms with E-state index in [9.17, 15) is 9.18 Å². The first-order valence-electron chi connectivity index (χ1n) is 3.28. The van der Waals surface area contributed by atoms with Crippen LogP contribution >= 0.6 is 0 Å². The van der Waals surface area contributed by atoms with Crippen molar-refractivity contribution >= 4 is 11.0 Å². The van der Waals surface area contributed by atoms with Crippen molar-refractivity contribution in [1.82, 2.24) is 15.0 Å². The molecule has 5 heteroatoms. The molecule has 0 atom stereocenters. The van der Waals surface area contributed by atoms with Crippen molar-refractivity contribution in [3.05, 3.63) is 34.8 Å². The number of hydrogen-bond acceptors (Lipinski definition) is 3. The minimum Gasteiger partial charge on any atom is -0.280 e. The highest BCUT2D eigenvalue weighted by molar-refractivity contribution is 5.72. The molecule has 0 fully saturated rings. The fraction of sp³-hybridized carbons (Fsp3) is 0. The first-order valence-corrected chi connectivity index (χ1v) is 3.28. The van der Waals surface area contributed by atoms with Gasteiger partial charge in [0.1, 0.15) is 5.52 Å². The maximum absolute atomic E-state index is 12.9. The summed E-state index contributed by atoms with van der Waals surface area (Å²) in [5.74, 6) is -0.745. The number of nitrogens with zero attached hydrogens (tertiary/aromatic N) is 2. The quantitative estimate of drug-likeness (QED) is 0.577. The lowest BCUT2D eigenvalue weighted by molar-refractivity contribution is 0.585. The van der Waals surface area contributed by atoms with Crippen LogP contribution < -0.4 is 5.69 Å². The zero-order valence-corrected chi connectivity index (χ0v) is 5.91. The molecule has 0 unspecified atom stereocenters. The Labute approximate surface area is 66.1 Å². The Morgan fingerprint density at radius 2 is 2.33 bits per heavy atom. The number of halogens is 1. The second kappa shape index (κ2) is 2.37. The molecule has 0 aromatic carbocycles. The lowest BCUT2D eigenvalue weighted by Gasteiger charge is -1.93. The van der Waals surface area contributed by atoms with Crippen molar-refractivity contribution in [2.75, 3.05) is 0 Å². The van der Waals surface area contributed by atoms with Gasteiger partial charge >= 0.3 is 5.69 Å². The predicted octanol–water partition coefficient (Wildman–Crippen LogP) is 0.457. The summed E-state index contributed by atoms with van der Waals surface area (Å²) in [6.07, 6.45) is 1.44. The average molecular weight is 165 g/mol. The summed E-state index contributed by atoms with van der Waals surface area (Å²) in [5, 5.41) is 0. The molecule has 0 aliphatic heterocycles. The molecule has 0 radical (unpaired) electrons. The predicted molar refractivity (Wildman–Crippen MR) is 40.1 cm³/mol. The van der Waals surface area contributed by atoms with Crippen LogP contribution in [0, 0.1) is 5.95 Å². The summed E-state index contributed by atoms with van der Waals surface area (Å²) >= 11 is 0. The van der Waals surface area contributed by atoms with Crippen LogP contribution in [0.4, 0.5) is 4.39 Å². The first-order chi connectivity index (χ1) is 5.77. The van der Waals surface area contributed by atoms with E-state index in [2.05, 4.69) is 9.97 Å². The molecule has 0 aliphatic carbocycles. The van der Waals surface area contributed by atoms with Crippen molar-refractivity contribution in [3.8, 4) is 0 Å². The Kier molecular flexibility index (Phi) is 1.36. The third kappa shape index (κ3) is 0.952. The molecule has 60 valence electrons. The number of pyridine rings is 1. The fourth-order valence-corrected chi connectivity index (χ4v) is 0.947. The van der Waals surface area contributed by atoms with Crippen molar-refractivity contribution in [1.29, 1.82) is 0 Å². The molecule has 2 heterocycles. The van der Waals surface area contributed by atoms with Gasteiger partial charge in [-0.25, -0.2) is 9.78 Å². The van der Waals surface area contributed by atoms with E-state index in [1.54, 1.807) is 6.07 Å². The number of aromatic amines is 1. The molecule has 12 heavy (non-hydrogen) atoms. The van der Waals surface area contributed by atoms with Gasteiger partial charge in [-0.2, -0.15) is 9.37 Å². The van der Waals surface area contributed by atoms with E-state index in [0.29, 0.717) is 0 Å². The van der Waals surface area contributed by atoms with Crippen LogP contribution in [0.25, 0.3) is 11.0 Å². The SMILES string of the molecule is O=c1nc2cccnc2c(F)[nH]1. The second-order valence-electron chi connectivity index (χ2n) is 2.23. The van der Waals surface area contributed by atoms with Crippen molar-refractivity contribution in [3.63, 3.8) is 0 Å². The van der Waals surface area contributed by atoms with Crippen LogP contribution in [0.3, 0.4) is 0 Å². The highest BCUT2D eigenvalue weighted by atomic mass is 19.1. The number of hydrogen-bond donors (Lipinski definition) is 1. The van der Waals surface area contributed by atoms with Gasteiger partial charge < -0.3 is 0 Å². The number of rotatable bonds is 0. The smallest absolute Gasteiger partial charge is 0.280 e. The number of aromatic nitrogens is 3. The Bertz CT molecular complexity index is 479. The van der Waals surface area contributed by atoms with E-state index in [0.717, 1.165) is 0 Å². The molecule has 4 nitrogen and oxygen atoms in total. The number of nitrogens with one attached hydrogen (secondary N) is 1. The molecule has 2 rings (SSSR count). The highest BCUT2D eigenvalue weighted by Gasteiger charge is 2.02. The Balaban J connectivity index is 2.99. The van der Waals surface area contributed by atoms with Crippen LogP contribution in [0.1, 0.15) is 0 Å². The summed E-state index contributed by atoms with van der Waals surface area (Å²) in [4.78, 5) is 19.8. The first kappa shape index (κ1) is 6.90. The molecule has 0 aliphatic rings. The largest absolute Gasteiger partial charge is 0.347 e. The molecule has 0 saturated heterocycles. The minimum atomic E-state index is -0.745. The lowest BCUT2D eigenvalue weighted by atomic mass is 10.4. The van der Waals surface area contributed by atoms with Gasteiger partial charge in [-0.05, 0) is 12.1 Å². The minimum absolute atomic E-state index is 0.0806. The zero-order chi connectivity index (χ0) is 8.55. The normalized spacial score (nSPS) is 10.4. The van der Waals surface area contributed by atoms with E-state index < -0.39 is 11.6 Å². The highest BCUT2D eigenvalue weighted by Crippen LogP contribution is 2.06. The average Bonchev–Trinajstić information content (AvgIpc) is 2.04. The van der Waals surface area contributed by atoms with Gasteiger partial charge in [0.05, 0.1) is 5.52 Å². The second-order valence-corrected chi connectivity index (χ2v) is 2.23. The third-order valence-corrected chi connectivity index (χ3v) is 1.43.